The molecule has 1 amide bonds. The van der Waals surface area contributed by atoms with E-state index in [4.69, 9.17) is 21.1 Å². The van der Waals surface area contributed by atoms with E-state index in [9.17, 15) is 4.79 Å². The molecule has 0 spiro atoms. The first-order valence-corrected chi connectivity index (χ1v) is 8.13. The Bertz CT molecular complexity index is 835. The molecule has 5 nitrogen and oxygen atoms in total. The zero-order valence-electron chi connectivity index (χ0n) is 12.8. The molecule has 0 fully saturated rings. The van der Waals surface area contributed by atoms with E-state index in [-0.39, 0.29) is 12.5 Å². The number of amides is 1. The highest BCUT2D eigenvalue weighted by Gasteiger charge is 2.27. The molecule has 2 aliphatic rings. The maximum Gasteiger partial charge on any atom is 0.284 e. The van der Waals surface area contributed by atoms with Crippen LogP contribution in [0.2, 0.25) is 5.02 Å². The molecule has 0 radical (unpaired) electrons. The SMILES string of the molecule is O=C(NN=C1CCc2c(Cl)cccc21)C1COc2ccccc2O1. The van der Waals surface area contributed by atoms with Crippen LogP contribution in [0, 0.1) is 0 Å². The minimum Gasteiger partial charge on any atom is -0.485 e. The summed E-state index contributed by atoms with van der Waals surface area (Å²) in [5.41, 5.74) is 5.49. The van der Waals surface area contributed by atoms with Gasteiger partial charge in [-0.05, 0) is 36.6 Å². The second-order valence-electron chi connectivity index (χ2n) is 5.66. The molecule has 1 unspecified atom stereocenters. The van der Waals surface area contributed by atoms with Crippen LogP contribution in [-0.2, 0) is 11.2 Å². The van der Waals surface area contributed by atoms with E-state index in [2.05, 4.69) is 10.5 Å². The maximum absolute atomic E-state index is 12.3. The van der Waals surface area contributed by atoms with E-state index >= 15 is 0 Å². The van der Waals surface area contributed by atoms with E-state index in [1.165, 1.54) is 0 Å². The average Bonchev–Trinajstić information content (AvgIpc) is 3.04. The van der Waals surface area contributed by atoms with Crippen molar-refractivity contribution in [1.29, 1.82) is 0 Å². The number of carbonyl (C=O) groups is 1. The minimum atomic E-state index is -0.718. The number of hydrogen-bond donors (Lipinski definition) is 1. The van der Waals surface area contributed by atoms with Gasteiger partial charge in [0, 0.05) is 10.6 Å². The van der Waals surface area contributed by atoms with Gasteiger partial charge in [0.05, 0.1) is 5.71 Å². The fourth-order valence-electron chi connectivity index (χ4n) is 2.92. The first-order chi connectivity index (χ1) is 11.7. The quantitative estimate of drug-likeness (QED) is 0.854. The number of benzene rings is 2. The summed E-state index contributed by atoms with van der Waals surface area (Å²) in [6, 6.07) is 13.0. The van der Waals surface area contributed by atoms with Crippen LogP contribution in [0.5, 0.6) is 11.5 Å². The molecule has 1 N–H and O–H groups in total. The number of nitrogens with zero attached hydrogens (tertiary/aromatic N) is 1. The third-order valence-corrected chi connectivity index (χ3v) is 4.50. The van der Waals surface area contributed by atoms with Crippen LogP contribution >= 0.6 is 11.6 Å². The lowest BCUT2D eigenvalue weighted by Gasteiger charge is -2.24. The lowest BCUT2D eigenvalue weighted by atomic mass is 10.1. The van der Waals surface area contributed by atoms with Crippen molar-refractivity contribution in [3.8, 4) is 11.5 Å². The molecule has 0 aromatic heterocycles. The standard InChI is InChI=1S/C18H15ClN2O3/c19-13-5-3-4-12-11(13)8-9-14(12)20-21-18(22)17-10-23-15-6-1-2-7-16(15)24-17/h1-7,17H,8-10H2,(H,21,22). The van der Waals surface area contributed by atoms with Gasteiger partial charge in [-0.1, -0.05) is 35.9 Å². The normalized spacial score (nSPS) is 19.9. The number of carbonyl (C=O) groups excluding carboxylic acids is 1. The summed E-state index contributed by atoms with van der Waals surface area (Å²) < 4.78 is 11.2. The van der Waals surface area contributed by atoms with E-state index in [0.29, 0.717) is 11.5 Å². The van der Waals surface area contributed by atoms with Crippen molar-refractivity contribution in [2.45, 2.75) is 18.9 Å². The lowest BCUT2D eigenvalue weighted by Crippen LogP contribution is -2.42. The largest absolute Gasteiger partial charge is 0.485 e. The van der Waals surface area contributed by atoms with Gasteiger partial charge in [0.15, 0.2) is 11.5 Å². The lowest BCUT2D eigenvalue weighted by molar-refractivity contribution is -0.130. The van der Waals surface area contributed by atoms with Gasteiger partial charge in [0.25, 0.3) is 5.91 Å². The van der Waals surface area contributed by atoms with E-state index in [1.807, 2.05) is 36.4 Å². The van der Waals surface area contributed by atoms with Crippen molar-refractivity contribution < 1.29 is 14.3 Å². The number of halogens is 1. The van der Waals surface area contributed by atoms with Crippen LogP contribution < -0.4 is 14.9 Å². The second-order valence-corrected chi connectivity index (χ2v) is 6.07. The van der Waals surface area contributed by atoms with E-state index < -0.39 is 6.10 Å². The molecule has 2 aromatic rings. The fraction of sp³-hybridized carbons (Fsp3) is 0.222. The van der Waals surface area contributed by atoms with Crippen LogP contribution in [0.3, 0.4) is 0 Å². The number of fused-ring (bicyclic) bond motifs is 2. The molecule has 0 bridgehead atoms. The number of para-hydroxylation sites is 2. The van der Waals surface area contributed by atoms with Crippen LogP contribution in [0.1, 0.15) is 17.5 Å². The summed E-state index contributed by atoms with van der Waals surface area (Å²) in [6.07, 6.45) is 0.870. The topological polar surface area (TPSA) is 59.9 Å². The molecule has 24 heavy (non-hydrogen) atoms. The van der Waals surface area contributed by atoms with Crippen molar-refractivity contribution in [2.75, 3.05) is 6.61 Å². The highest BCUT2D eigenvalue weighted by molar-refractivity contribution is 6.32. The molecule has 122 valence electrons. The zero-order chi connectivity index (χ0) is 16.5. The van der Waals surface area contributed by atoms with Crippen molar-refractivity contribution in [3.63, 3.8) is 0 Å². The number of hydrogen-bond acceptors (Lipinski definition) is 4. The smallest absolute Gasteiger partial charge is 0.284 e. The third kappa shape index (κ3) is 2.71. The Kier molecular flexibility index (Phi) is 3.86. The van der Waals surface area contributed by atoms with Gasteiger partial charge in [-0.3, -0.25) is 4.79 Å². The molecule has 6 heteroatoms. The Labute approximate surface area is 144 Å². The molecule has 2 aromatic carbocycles. The van der Waals surface area contributed by atoms with Crippen molar-refractivity contribution >= 4 is 23.2 Å². The van der Waals surface area contributed by atoms with Crippen molar-refractivity contribution in [3.05, 3.63) is 58.6 Å². The van der Waals surface area contributed by atoms with Crippen molar-refractivity contribution in [1.82, 2.24) is 5.43 Å². The highest BCUT2D eigenvalue weighted by atomic mass is 35.5. The minimum absolute atomic E-state index is 0.163. The number of hydrazone groups is 1. The van der Waals surface area contributed by atoms with Gasteiger partial charge in [-0.15, -0.1) is 0 Å². The zero-order valence-corrected chi connectivity index (χ0v) is 13.5. The Morgan fingerprint density at radius 2 is 1.96 bits per heavy atom. The van der Waals surface area contributed by atoms with Crippen LogP contribution in [0.4, 0.5) is 0 Å². The van der Waals surface area contributed by atoms with E-state index in [1.54, 1.807) is 6.07 Å². The van der Waals surface area contributed by atoms with Gasteiger partial charge >= 0.3 is 0 Å². The molecule has 1 aliphatic carbocycles. The number of rotatable bonds is 2. The molecule has 1 heterocycles. The number of ether oxygens (including phenoxy) is 2. The highest BCUT2D eigenvalue weighted by Crippen LogP contribution is 2.31. The molecule has 0 saturated carbocycles. The molecular weight excluding hydrogens is 328 g/mol. The summed E-state index contributed by atoms with van der Waals surface area (Å²) in [4.78, 5) is 12.3. The summed E-state index contributed by atoms with van der Waals surface area (Å²) >= 11 is 6.19. The molecular formula is C18H15ClN2O3. The molecule has 4 rings (SSSR count). The Hall–Kier alpha value is -2.53. The van der Waals surface area contributed by atoms with Crippen LogP contribution in [0.15, 0.2) is 47.6 Å². The summed E-state index contributed by atoms with van der Waals surface area (Å²) in [6.45, 7) is 0.163. The van der Waals surface area contributed by atoms with Gasteiger partial charge in [-0.2, -0.15) is 5.10 Å². The summed E-state index contributed by atoms with van der Waals surface area (Å²) in [7, 11) is 0. The first kappa shape index (κ1) is 15.0. The predicted molar refractivity (Wildman–Crippen MR) is 90.8 cm³/mol. The Morgan fingerprint density at radius 1 is 1.12 bits per heavy atom. The van der Waals surface area contributed by atoms with Gasteiger partial charge in [0.2, 0.25) is 6.10 Å². The fourth-order valence-corrected chi connectivity index (χ4v) is 3.19. The Morgan fingerprint density at radius 3 is 2.83 bits per heavy atom. The Balaban J connectivity index is 1.46. The summed E-state index contributed by atoms with van der Waals surface area (Å²) in [5.74, 6) is 0.884. The molecule has 0 saturated heterocycles. The number of nitrogens with one attached hydrogen (secondary N) is 1. The summed E-state index contributed by atoms with van der Waals surface area (Å²) in [5, 5.41) is 5.00. The van der Waals surface area contributed by atoms with E-state index in [0.717, 1.165) is 34.7 Å². The maximum atomic E-state index is 12.3. The van der Waals surface area contributed by atoms with Gasteiger partial charge in [0.1, 0.15) is 6.61 Å². The average molecular weight is 343 g/mol. The van der Waals surface area contributed by atoms with Gasteiger partial charge in [-0.25, -0.2) is 5.43 Å². The third-order valence-electron chi connectivity index (χ3n) is 4.14. The van der Waals surface area contributed by atoms with Crippen LogP contribution in [0.25, 0.3) is 0 Å². The molecule has 1 aliphatic heterocycles. The molecule has 1 atom stereocenters. The monoisotopic (exact) mass is 342 g/mol. The van der Waals surface area contributed by atoms with Crippen molar-refractivity contribution in [2.24, 2.45) is 5.10 Å². The predicted octanol–water partition coefficient (Wildman–Crippen LogP) is 2.95. The first-order valence-electron chi connectivity index (χ1n) is 7.75. The van der Waals surface area contributed by atoms with Gasteiger partial charge < -0.3 is 9.47 Å². The second kappa shape index (κ2) is 6.17. The van der Waals surface area contributed by atoms with Crippen LogP contribution in [-0.4, -0.2) is 24.3 Å².